The van der Waals surface area contributed by atoms with Gasteiger partial charge in [-0.05, 0) is 38.1 Å². The molecule has 166 valence electrons. The molecule has 0 fully saturated rings. The minimum atomic E-state index is -0.428. The molecule has 4 aromatic rings. The van der Waals surface area contributed by atoms with Gasteiger partial charge in [0.2, 0.25) is 5.91 Å². The van der Waals surface area contributed by atoms with Gasteiger partial charge < -0.3 is 19.4 Å². The van der Waals surface area contributed by atoms with Gasteiger partial charge in [0.15, 0.2) is 11.5 Å². The molecule has 9 heteroatoms. The van der Waals surface area contributed by atoms with Crippen molar-refractivity contribution in [3.63, 3.8) is 0 Å². The van der Waals surface area contributed by atoms with Gasteiger partial charge >= 0.3 is 0 Å². The highest BCUT2D eigenvalue weighted by atomic mass is 16.5. The molecule has 0 aliphatic carbocycles. The highest BCUT2D eigenvalue weighted by Gasteiger charge is 2.17. The van der Waals surface area contributed by atoms with E-state index >= 15 is 0 Å². The number of rotatable bonds is 7. The number of carbonyl (C=O) groups is 1. The highest BCUT2D eigenvalue weighted by molar-refractivity contribution is 5.89. The van der Waals surface area contributed by atoms with Gasteiger partial charge in [-0.3, -0.25) is 9.59 Å². The van der Waals surface area contributed by atoms with E-state index in [-0.39, 0.29) is 25.0 Å². The van der Waals surface area contributed by atoms with Crippen LogP contribution in [0.4, 0.5) is 0 Å². The zero-order chi connectivity index (χ0) is 22.8. The Bertz CT molecular complexity index is 1360. The van der Waals surface area contributed by atoms with E-state index in [1.165, 1.54) is 20.4 Å². The van der Waals surface area contributed by atoms with Gasteiger partial charge in [-0.15, -0.1) is 0 Å². The van der Waals surface area contributed by atoms with Crippen LogP contribution in [0.25, 0.3) is 21.8 Å². The molecule has 0 spiro atoms. The number of amides is 1. The Labute approximate surface area is 184 Å². The first-order valence-electron chi connectivity index (χ1n) is 10.3. The summed E-state index contributed by atoms with van der Waals surface area (Å²) in [6.45, 7) is 4.15. The number of nitrogens with one attached hydrogen (secondary N) is 1. The van der Waals surface area contributed by atoms with E-state index in [9.17, 15) is 9.59 Å². The molecule has 1 amide bonds. The molecule has 4 rings (SSSR count). The van der Waals surface area contributed by atoms with Gasteiger partial charge in [0.25, 0.3) is 5.56 Å². The molecule has 0 aliphatic heterocycles. The summed E-state index contributed by atoms with van der Waals surface area (Å²) in [4.78, 5) is 30.3. The largest absolute Gasteiger partial charge is 0.493 e. The van der Waals surface area contributed by atoms with Crippen LogP contribution in [0.1, 0.15) is 25.7 Å². The number of aromatic nitrogens is 4. The third-order valence-corrected chi connectivity index (χ3v) is 5.28. The summed E-state index contributed by atoms with van der Waals surface area (Å²) in [6.07, 6.45) is 1.53. The number of imidazole rings is 1. The van der Waals surface area contributed by atoms with E-state index in [0.717, 1.165) is 21.5 Å². The van der Waals surface area contributed by atoms with Crippen LogP contribution in [0.15, 0.2) is 47.4 Å². The number of nitrogens with zero attached hydrogens (tertiary/aromatic N) is 4. The van der Waals surface area contributed by atoms with Crippen molar-refractivity contribution in [3.8, 4) is 11.5 Å². The second kappa shape index (κ2) is 8.70. The lowest BCUT2D eigenvalue weighted by molar-refractivity contribution is -0.122. The number of hydrogen-bond acceptors (Lipinski definition) is 6. The van der Waals surface area contributed by atoms with E-state index < -0.39 is 5.56 Å². The minimum Gasteiger partial charge on any atom is -0.493 e. The molecular formula is C23H25N5O4. The maximum Gasteiger partial charge on any atom is 0.279 e. The van der Waals surface area contributed by atoms with Crippen molar-refractivity contribution in [3.05, 3.63) is 58.8 Å². The third kappa shape index (κ3) is 3.77. The molecule has 0 aliphatic rings. The Morgan fingerprint density at radius 3 is 2.62 bits per heavy atom. The third-order valence-electron chi connectivity index (χ3n) is 5.28. The van der Waals surface area contributed by atoms with Gasteiger partial charge in [-0.2, -0.15) is 5.10 Å². The zero-order valence-corrected chi connectivity index (χ0v) is 18.5. The zero-order valence-electron chi connectivity index (χ0n) is 18.5. The molecule has 1 N–H and O–H groups in total. The van der Waals surface area contributed by atoms with E-state index in [1.807, 2.05) is 24.3 Å². The molecule has 0 bridgehead atoms. The summed E-state index contributed by atoms with van der Waals surface area (Å²) in [5.41, 5.74) is 1.46. The lowest BCUT2D eigenvalue weighted by Gasteiger charge is -2.14. The van der Waals surface area contributed by atoms with Crippen LogP contribution in [-0.4, -0.2) is 39.5 Å². The summed E-state index contributed by atoms with van der Waals surface area (Å²) >= 11 is 0. The highest BCUT2D eigenvalue weighted by Crippen LogP contribution is 2.32. The number of para-hydroxylation sites is 2. The number of hydrogen-bond donors (Lipinski definition) is 1. The van der Waals surface area contributed by atoms with Gasteiger partial charge in [-0.25, -0.2) is 9.67 Å². The Kier molecular flexibility index (Phi) is 5.81. The topological polar surface area (TPSA) is 100 Å². The van der Waals surface area contributed by atoms with Crippen molar-refractivity contribution in [2.45, 2.75) is 33.0 Å². The van der Waals surface area contributed by atoms with Crippen molar-refractivity contribution in [1.82, 2.24) is 24.6 Å². The molecule has 2 aromatic heterocycles. The summed E-state index contributed by atoms with van der Waals surface area (Å²) in [6, 6.07) is 11.5. The maximum absolute atomic E-state index is 13.0. The predicted molar refractivity (Wildman–Crippen MR) is 121 cm³/mol. The summed E-state index contributed by atoms with van der Waals surface area (Å²) < 4.78 is 13.9. The van der Waals surface area contributed by atoms with Crippen molar-refractivity contribution >= 4 is 27.7 Å². The normalized spacial score (nSPS) is 11.3. The first kappa shape index (κ1) is 21.4. The van der Waals surface area contributed by atoms with Crippen LogP contribution < -0.4 is 20.3 Å². The molecule has 2 heterocycles. The summed E-state index contributed by atoms with van der Waals surface area (Å²) in [5.74, 6) is 1.16. The molecule has 9 nitrogen and oxygen atoms in total. The lowest BCUT2D eigenvalue weighted by Crippen LogP contribution is -2.34. The van der Waals surface area contributed by atoms with Crippen LogP contribution in [0.3, 0.4) is 0 Å². The quantitative estimate of drug-likeness (QED) is 0.479. The van der Waals surface area contributed by atoms with Crippen molar-refractivity contribution in [2.75, 3.05) is 14.2 Å². The number of carbonyl (C=O) groups excluding carboxylic acids is 1. The number of benzene rings is 2. The number of methoxy groups -OCH3 is 2. The average molecular weight is 435 g/mol. The molecule has 0 saturated heterocycles. The molecule has 0 atom stereocenters. The monoisotopic (exact) mass is 435 g/mol. The second-order valence-electron chi connectivity index (χ2n) is 7.63. The van der Waals surface area contributed by atoms with Crippen LogP contribution in [0.5, 0.6) is 11.5 Å². The standard InChI is InChI=1S/C23H25N5O4/c1-14(2)28-17-8-6-5-7-16(17)26-19(28)12-24-20(29)13-27-23(30)21-15(11-25-27)9-10-18(31-3)22(21)32-4/h5-11,14H,12-13H2,1-4H3,(H,24,29). The van der Waals surface area contributed by atoms with Crippen molar-refractivity contribution in [2.24, 2.45) is 0 Å². The first-order valence-corrected chi connectivity index (χ1v) is 10.3. The van der Waals surface area contributed by atoms with Gasteiger partial charge in [0.1, 0.15) is 12.4 Å². The van der Waals surface area contributed by atoms with Crippen LogP contribution in [0, 0.1) is 0 Å². The number of ether oxygens (including phenoxy) is 2. The molecule has 0 unspecified atom stereocenters. The van der Waals surface area contributed by atoms with Crippen LogP contribution in [-0.2, 0) is 17.9 Å². The van der Waals surface area contributed by atoms with Crippen molar-refractivity contribution < 1.29 is 14.3 Å². The van der Waals surface area contributed by atoms with Crippen molar-refractivity contribution in [1.29, 1.82) is 0 Å². The fourth-order valence-electron chi connectivity index (χ4n) is 3.86. The van der Waals surface area contributed by atoms with E-state index in [2.05, 4.69) is 33.8 Å². The predicted octanol–water partition coefficient (Wildman–Crippen LogP) is 2.66. The Morgan fingerprint density at radius 1 is 1.12 bits per heavy atom. The first-order chi connectivity index (χ1) is 15.4. The number of fused-ring (bicyclic) bond motifs is 2. The van der Waals surface area contributed by atoms with Crippen LogP contribution in [0.2, 0.25) is 0 Å². The molecule has 2 aromatic carbocycles. The average Bonchev–Trinajstić information content (AvgIpc) is 3.17. The smallest absolute Gasteiger partial charge is 0.279 e. The molecular weight excluding hydrogens is 410 g/mol. The second-order valence-corrected chi connectivity index (χ2v) is 7.63. The lowest BCUT2D eigenvalue weighted by atomic mass is 10.1. The van der Waals surface area contributed by atoms with Gasteiger partial charge in [0.05, 0.1) is 43.4 Å². The van der Waals surface area contributed by atoms with E-state index in [0.29, 0.717) is 22.3 Å². The van der Waals surface area contributed by atoms with Gasteiger partial charge in [0, 0.05) is 11.4 Å². The molecule has 0 radical (unpaired) electrons. The Balaban J connectivity index is 1.58. The SMILES string of the molecule is COc1ccc2cnn(CC(=O)NCc3nc4ccccc4n3C(C)C)c(=O)c2c1OC. The maximum atomic E-state index is 13.0. The van der Waals surface area contributed by atoms with Crippen LogP contribution >= 0.6 is 0 Å². The molecule has 32 heavy (non-hydrogen) atoms. The Morgan fingerprint density at radius 2 is 1.91 bits per heavy atom. The molecule has 0 saturated carbocycles. The minimum absolute atomic E-state index is 0.182. The van der Waals surface area contributed by atoms with Gasteiger partial charge in [-0.1, -0.05) is 12.1 Å². The van der Waals surface area contributed by atoms with E-state index in [1.54, 1.807) is 12.1 Å². The fourth-order valence-corrected chi connectivity index (χ4v) is 3.86. The fraction of sp³-hybridized carbons (Fsp3) is 0.304. The summed E-state index contributed by atoms with van der Waals surface area (Å²) in [5, 5.41) is 7.91. The van der Waals surface area contributed by atoms with E-state index in [4.69, 9.17) is 9.47 Å². The summed E-state index contributed by atoms with van der Waals surface area (Å²) in [7, 11) is 2.97. The Hall–Kier alpha value is -3.88.